The fraction of sp³-hybridized carbons (Fsp3) is 0.300. The van der Waals surface area contributed by atoms with Crippen molar-refractivity contribution in [3.8, 4) is 0 Å². The lowest BCUT2D eigenvalue weighted by atomic mass is 10.2. The van der Waals surface area contributed by atoms with E-state index in [4.69, 9.17) is 9.47 Å². The van der Waals surface area contributed by atoms with Gasteiger partial charge in [0.2, 0.25) is 10.0 Å². The average Bonchev–Trinajstić information content (AvgIpc) is 2.75. The van der Waals surface area contributed by atoms with Gasteiger partial charge >= 0.3 is 5.97 Å². The first-order chi connectivity index (χ1) is 14.3. The van der Waals surface area contributed by atoms with E-state index in [1.807, 2.05) is 13.0 Å². The van der Waals surface area contributed by atoms with Crippen molar-refractivity contribution in [3.63, 3.8) is 0 Å². The highest BCUT2D eigenvalue weighted by Crippen LogP contribution is 2.20. The number of hydrogen-bond donors (Lipinski definition) is 1. The molecule has 8 nitrogen and oxygen atoms in total. The minimum atomic E-state index is -3.64. The van der Waals surface area contributed by atoms with E-state index in [-0.39, 0.29) is 10.5 Å². The van der Waals surface area contributed by atoms with E-state index in [2.05, 4.69) is 21.2 Å². The molecule has 0 spiro atoms. The molecule has 1 saturated heterocycles. The van der Waals surface area contributed by atoms with Crippen molar-refractivity contribution < 1.29 is 27.5 Å². The Balaban J connectivity index is 1.56. The third kappa shape index (κ3) is 5.45. The van der Waals surface area contributed by atoms with Gasteiger partial charge in [0.25, 0.3) is 5.91 Å². The van der Waals surface area contributed by atoms with Gasteiger partial charge in [0.15, 0.2) is 6.61 Å². The van der Waals surface area contributed by atoms with Crippen LogP contribution in [0.2, 0.25) is 0 Å². The summed E-state index contributed by atoms with van der Waals surface area (Å²) in [5, 5.41) is 2.65. The van der Waals surface area contributed by atoms with Crippen LogP contribution in [0.25, 0.3) is 0 Å². The largest absolute Gasteiger partial charge is 0.452 e. The molecule has 2 aromatic rings. The van der Waals surface area contributed by atoms with E-state index in [0.717, 1.165) is 10.0 Å². The molecule has 1 N–H and O–H groups in total. The normalized spacial score (nSPS) is 14.9. The summed E-state index contributed by atoms with van der Waals surface area (Å²) in [5.41, 5.74) is 1.70. The minimum Gasteiger partial charge on any atom is -0.452 e. The molecule has 1 aliphatic heterocycles. The van der Waals surface area contributed by atoms with Crippen LogP contribution in [0.1, 0.15) is 15.9 Å². The number of aryl methyl sites for hydroxylation is 1. The Morgan fingerprint density at radius 3 is 2.43 bits per heavy atom. The first-order valence-electron chi connectivity index (χ1n) is 9.18. The summed E-state index contributed by atoms with van der Waals surface area (Å²) >= 11 is 3.38. The molecule has 1 heterocycles. The number of halogens is 1. The standard InChI is InChI=1S/C20H21BrN2O6S/c1-14-12-16(4-7-18(14)21)22-19(24)13-29-20(25)15-2-5-17(6-3-15)30(26,27)23-8-10-28-11-9-23/h2-7,12H,8-11,13H2,1H3,(H,22,24). The van der Waals surface area contributed by atoms with E-state index in [1.165, 1.54) is 28.6 Å². The highest BCUT2D eigenvalue weighted by Gasteiger charge is 2.26. The Morgan fingerprint density at radius 1 is 1.13 bits per heavy atom. The van der Waals surface area contributed by atoms with Gasteiger partial charge in [-0.05, 0) is 55.0 Å². The van der Waals surface area contributed by atoms with Gasteiger partial charge in [0.05, 0.1) is 23.7 Å². The summed E-state index contributed by atoms with van der Waals surface area (Å²) in [4.78, 5) is 24.3. The number of esters is 1. The van der Waals surface area contributed by atoms with Crippen LogP contribution < -0.4 is 5.32 Å². The SMILES string of the molecule is Cc1cc(NC(=O)COC(=O)c2ccc(S(=O)(=O)N3CCOCC3)cc2)ccc1Br. The van der Waals surface area contributed by atoms with Crippen LogP contribution in [0.15, 0.2) is 51.8 Å². The summed E-state index contributed by atoms with van der Waals surface area (Å²) in [6.45, 7) is 2.72. The molecule has 30 heavy (non-hydrogen) atoms. The van der Waals surface area contributed by atoms with E-state index in [0.29, 0.717) is 32.0 Å². The third-order valence-electron chi connectivity index (χ3n) is 4.47. The quantitative estimate of drug-likeness (QED) is 0.616. The zero-order valence-electron chi connectivity index (χ0n) is 16.3. The molecular weight excluding hydrogens is 476 g/mol. The number of ether oxygens (including phenoxy) is 2. The summed E-state index contributed by atoms with van der Waals surface area (Å²) in [6, 6.07) is 10.8. The van der Waals surface area contributed by atoms with E-state index in [1.54, 1.807) is 12.1 Å². The van der Waals surface area contributed by atoms with Gasteiger partial charge < -0.3 is 14.8 Å². The Labute approximate surface area is 183 Å². The first kappa shape index (κ1) is 22.4. The molecule has 10 heteroatoms. The van der Waals surface area contributed by atoms with Crippen molar-refractivity contribution in [1.29, 1.82) is 0 Å². The van der Waals surface area contributed by atoms with Gasteiger partial charge in [0, 0.05) is 23.2 Å². The molecule has 0 saturated carbocycles. The van der Waals surface area contributed by atoms with Crippen LogP contribution in [0.5, 0.6) is 0 Å². The molecule has 0 aliphatic carbocycles. The lowest BCUT2D eigenvalue weighted by molar-refractivity contribution is -0.119. The lowest BCUT2D eigenvalue weighted by Crippen LogP contribution is -2.40. The molecule has 3 rings (SSSR count). The second kappa shape index (κ2) is 9.69. The molecule has 0 bridgehead atoms. The number of benzene rings is 2. The number of hydrogen-bond acceptors (Lipinski definition) is 6. The smallest absolute Gasteiger partial charge is 0.338 e. The van der Waals surface area contributed by atoms with Crippen molar-refractivity contribution in [1.82, 2.24) is 4.31 Å². The van der Waals surface area contributed by atoms with Crippen molar-refractivity contribution in [2.24, 2.45) is 0 Å². The van der Waals surface area contributed by atoms with E-state index in [9.17, 15) is 18.0 Å². The van der Waals surface area contributed by atoms with Crippen molar-refractivity contribution >= 4 is 43.5 Å². The zero-order chi connectivity index (χ0) is 21.7. The second-order valence-corrected chi connectivity index (χ2v) is 9.42. The van der Waals surface area contributed by atoms with Gasteiger partial charge in [-0.25, -0.2) is 13.2 Å². The second-order valence-electron chi connectivity index (χ2n) is 6.63. The molecule has 0 atom stereocenters. The molecule has 0 aromatic heterocycles. The van der Waals surface area contributed by atoms with Crippen LogP contribution in [-0.2, 0) is 24.3 Å². The predicted octanol–water partition coefficient (Wildman–Crippen LogP) is 2.57. The monoisotopic (exact) mass is 496 g/mol. The number of rotatable bonds is 6. The number of morpholine rings is 1. The van der Waals surface area contributed by atoms with Gasteiger partial charge in [0.1, 0.15) is 0 Å². The summed E-state index contributed by atoms with van der Waals surface area (Å²) in [6.07, 6.45) is 0. The topological polar surface area (TPSA) is 102 Å². The third-order valence-corrected chi connectivity index (χ3v) is 7.28. The number of sulfonamides is 1. The Morgan fingerprint density at radius 2 is 1.80 bits per heavy atom. The molecule has 0 unspecified atom stereocenters. The van der Waals surface area contributed by atoms with Gasteiger partial charge in [-0.2, -0.15) is 4.31 Å². The molecule has 1 fully saturated rings. The molecule has 160 valence electrons. The number of amides is 1. The van der Waals surface area contributed by atoms with Crippen molar-refractivity contribution in [2.45, 2.75) is 11.8 Å². The highest BCUT2D eigenvalue weighted by atomic mass is 79.9. The lowest BCUT2D eigenvalue weighted by Gasteiger charge is -2.26. The number of nitrogens with one attached hydrogen (secondary N) is 1. The fourth-order valence-electron chi connectivity index (χ4n) is 2.83. The molecule has 1 aliphatic rings. The predicted molar refractivity (Wildman–Crippen MR) is 114 cm³/mol. The van der Waals surface area contributed by atoms with Crippen LogP contribution >= 0.6 is 15.9 Å². The molecule has 1 amide bonds. The zero-order valence-corrected chi connectivity index (χ0v) is 18.7. The van der Waals surface area contributed by atoms with Crippen LogP contribution in [0, 0.1) is 6.92 Å². The number of carbonyl (C=O) groups is 2. The van der Waals surface area contributed by atoms with Gasteiger partial charge in [-0.1, -0.05) is 15.9 Å². The maximum Gasteiger partial charge on any atom is 0.338 e. The summed E-state index contributed by atoms with van der Waals surface area (Å²) < 4.78 is 37.7. The van der Waals surface area contributed by atoms with Crippen LogP contribution in [-0.4, -0.2) is 57.5 Å². The van der Waals surface area contributed by atoms with Crippen molar-refractivity contribution in [2.75, 3.05) is 38.2 Å². The summed E-state index contributed by atoms with van der Waals surface area (Å²) in [7, 11) is -3.64. The molecule has 2 aromatic carbocycles. The number of carbonyl (C=O) groups excluding carboxylic acids is 2. The Bertz CT molecular complexity index is 1030. The van der Waals surface area contributed by atoms with E-state index < -0.39 is 28.5 Å². The number of nitrogens with zero attached hydrogens (tertiary/aromatic N) is 1. The Hall–Kier alpha value is -2.27. The summed E-state index contributed by atoms with van der Waals surface area (Å²) in [5.74, 6) is -1.19. The van der Waals surface area contributed by atoms with Crippen molar-refractivity contribution in [3.05, 3.63) is 58.1 Å². The minimum absolute atomic E-state index is 0.0873. The first-order valence-corrected chi connectivity index (χ1v) is 11.4. The van der Waals surface area contributed by atoms with Crippen LogP contribution in [0.4, 0.5) is 5.69 Å². The molecule has 0 radical (unpaired) electrons. The maximum absolute atomic E-state index is 12.6. The Kier molecular flexibility index (Phi) is 7.24. The highest BCUT2D eigenvalue weighted by molar-refractivity contribution is 9.10. The maximum atomic E-state index is 12.6. The van der Waals surface area contributed by atoms with E-state index >= 15 is 0 Å². The molecular formula is C20H21BrN2O6S. The van der Waals surface area contributed by atoms with Crippen LogP contribution in [0.3, 0.4) is 0 Å². The number of anilines is 1. The van der Waals surface area contributed by atoms with Gasteiger partial charge in [-0.15, -0.1) is 0 Å². The fourth-order valence-corrected chi connectivity index (χ4v) is 4.49. The van der Waals surface area contributed by atoms with Gasteiger partial charge in [-0.3, -0.25) is 4.79 Å². The average molecular weight is 497 g/mol.